The van der Waals surface area contributed by atoms with E-state index in [-0.39, 0.29) is 37.3 Å². The molecule has 0 bridgehead atoms. The van der Waals surface area contributed by atoms with Gasteiger partial charge in [-0.2, -0.15) is 0 Å². The number of nitrogens with one attached hydrogen (secondary N) is 1. The van der Waals surface area contributed by atoms with Gasteiger partial charge < -0.3 is 64.7 Å². The molecule has 0 spiro atoms. The van der Waals surface area contributed by atoms with Crippen LogP contribution in [0.25, 0.3) is 0 Å². The lowest BCUT2D eigenvalue weighted by Gasteiger charge is -2.43. The number of hydrogen-bond donors (Lipinski definition) is 9. The smallest absolute Gasteiger partial charge is 0.341 e. The largest absolute Gasteiger partial charge is 0.477 e. The third-order valence-electron chi connectivity index (χ3n) is 8.92. The van der Waals surface area contributed by atoms with E-state index in [0.717, 1.165) is 43.9 Å². The number of esters is 1. The van der Waals surface area contributed by atoms with Gasteiger partial charge in [0.15, 0.2) is 6.29 Å². The molecule has 15 heteroatoms. The van der Waals surface area contributed by atoms with E-state index in [0.29, 0.717) is 17.0 Å². The molecule has 1 saturated carbocycles. The Morgan fingerprint density at radius 1 is 1.04 bits per heavy atom. The van der Waals surface area contributed by atoms with Gasteiger partial charge in [0.05, 0.1) is 50.3 Å². The summed E-state index contributed by atoms with van der Waals surface area (Å²) in [6, 6.07) is 0. The van der Waals surface area contributed by atoms with E-state index < -0.39 is 80.1 Å². The summed E-state index contributed by atoms with van der Waals surface area (Å²) in [5.74, 6) is -3.43. The fraction of sp³-hybridized carbons (Fsp3) is 0.636. The zero-order chi connectivity index (χ0) is 34.8. The minimum atomic E-state index is -1.70. The van der Waals surface area contributed by atoms with E-state index in [1.165, 1.54) is 12.3 Å². The molecule has 1 aliphatic carbocycles. The highest BCUT2D eigenvalue weighted by Gasteiger charge is 2.47. The number of hydrogen-bond acceptors (Lipinski definition) is 13. The molecular weight excluding hydrogens is 634 g/mol. The number of aliphatic carboxylic acids is 1. The molecule has 2 fully saturated rings. The molecule has 0 aromatic heterocycles. The molecule has 0 aromatic carbocycles. The summed E-state index contributed by atoms with van der Waals surface area (Å²) in [7, 11) is 0. The molecular formula is C33H48NO14+. The summed E-state index contributed by atoms with van der Waals surface area (Å²) in [6.45, 7) is -0.879. The summed E-state index contributed by atoms with van der Waals surface area (Å²) in [4.78, 5) is 26.0. The van der Waals surface area contributed by atoms with E-state index in [1.807, 2.05) is 6.08 Å². The maximum atomic E-state index is 13.5. The first-order valence-electron chi connectivity index (χ1n) is 16.3. The van der Waals surface area contributed by atoms with Crippen LogP contribution in [0.2, 0.25) is 0 Å². The lowest BCUT2D eigenvalue weighted by Crippen LogP contribution is -3.08. The van der Waals surface area contributed by atoms with E-state index in [4.69, 9.17) is 24.1 Å². The molecule has 10 atom stereocenters. The molecule has 10 unspecified atom stereocenters. The first-order valence-corrected chi connectivity index (χ1v) is 16.3. The molecule has 4 rings (SSSR count). The van der Waals surface area contributed by atoms with Crippen molar-refractivity contribution in [3.8, 4) is 0 Å². The Morgan fingerprint density at radius 2 is 1.79 bits per heavy atom. The number of quaternary nitrogens is 1. The number of aliphatic hydroxyl groups is 7. The molecule has 268 valence electrons. The standard InChI is InChI=1S/C33H47NO14/c35-10-9-34-14-20(12-21(15-34)30(42)43)6-7-23-24(13-19-4-2-1-3-5-19)32(46-18-25(23)31(44)45-11-8-22(38)16-36)48-33-29(41)28(40)27(39)26(17-37)47-33/h6-7,12-13,15,18,22-24,26-29,32-33,35-41H,1-5,8-11,14,16-17H2,(H,42,43)/p+1. The van der Waals surface area contributed by atoms with Gasteiger partial charge in [0.1, 0.15) is 49.3 Å². The second-order valence-corrected chi connectivity index (χ2v) is 12.5. The van der Waals surface area contributed by atoms with Crippen LogP contribution in [0.15, 0.2) is 59.1 Å². The number of aliphatic hydroxyl groups excluding tert-OH is 7. The van der Waals surface area contributed by atoms with Crippen molar-refractivity contribution >= 4 is 11.9 Å². The molecule has 0 radical (unpaired) electrons. The van der Waals surface area contributed by atoms with Crippen LogP contribution in [-0.4, -0.2) is 135 Å². The Hall–Kier alpha value is -2.96. The fourth-order valence-corrected chi connectivity index (χ4v) is 6.21. The number of carbonyl (C=O) groups excluding carboxylic acids is 1. The average molecular weight is 683 g/mol. The zero-order valence-electron chi connectivity index (χ0n) is 26.7. The Bertz CT molecular complexity index is 1250. The third kappa shape index (κ3) is 9.81. The maximum absolute atomic E-state index is 13.5. The van der Waals surface area contributed by atoms with Gasteiger partial charge in [0, 0.05) is 17.9 Å². The second kappa shape index (κ2) is 18.2. The van der Waals surface area contributed by atoms with Gasteiger partial charge in [-0.25, -0.2) is 9.59 Å². The van der Waals surface area contributed by atoms with E-state index >= 15 is 0 Å². The molecule has 15 nitrogen and oxygen atoms in total. The first-order chi connectivity index (χ1) is 23.1. The van der Waals surface area contributed by atoms with Crippen LogP contribution in [0.1, 0.15) is 38.5 Å². The number of carboxylic acids is 1. The fourth-order valence-electron chi connectivity index (χ4n) is 6.21. The maximum Gasteiger partial charge on any atom is 0.341 e. The van der Waals surface area contributed by atoms with Crippen LogP contribution in [0, 0.1) is 11.8 Å². The molecule has 0 amide bonds. The van der Waals surface area contributed by atoms with Crippen molar-refractivity contribution in [3.05, 3.63) is 59.1 Å². The second-order valence-electron chi connectivity index (χ2n) is 12.5. The Morgan fingerprint density at radius 3 is 2.46 bits per heavy atom. The minimum absolute atomic E-state index is 0.00609. The van der Waals surface area contributed by atoms with Gasteiger partial charge >= 0.3 is 11.9 Å². The van der Waals surface area contributed by atoms with Crippen LogP contribution in [0.3, 0.4) is 0 Å². The summed E-state index contributed by atoms with van der Waals surface area (Å²) >= 11 is 0. The van der Waals surface area contributed by atoms with Crippen LogP contribution in [0.4, 0.5) is 0 Å². The molecule has 1 saturated heterocycles. The monoisotopic (exact) mass is 682 g/mol. The molecule has 3 heterocycles. The van der Waals surface area contributed by atoms with Crippen molar-refractivity contribution in [1.82, 2.24) is 0 Å². The van der Waals surface area contributed by atoms with Gasteiger partial charge in [0.25, 0.3) is 0 Å². The van der Waals surface area contributed by atoms with Gasteiger partial charge in [-0.15, -0.1) is 0 Å². The van der Waals surface area contributed by atoms with Crippen LogP contribution >= 0.6 is 0 Å². The molecule has 9 N–H and O–H groups in total. The Kier molecular flexibility index (Phi) is 14.3. The highest BCUT2D eigenvalue weighted by atomic mass is 16.8. The number of allylic oxidation sites excluding steroid dienone is 2. The number of carbonyl (C=O) groups is 2. The molecule has 0 aromatic rings. The SMILES string of the molecule is O=C(O)C1=C[NH+](CCO)CC(C=CC2C(C(=O)OCCC(O)CO)=COC(OC3OC(CO)C(O)C(O)C3O)C2C=C2CCCCC2)=C1. The normalized spacial score (nSPS) is 33.3. The lowest BCUT2D eigenvalue weighted by molar-refractivity contribution is -0.842. The van der Waals surface area contributed by atoms with Gasteiger partial charge in [-0.1, -0.05) is 30.2 Å². The summed E-state index contributed by atoms with van der Waals surface area (Å²) in [6.07, 6.45) is 4.06. The van der Waals surface area contributed by atoms with E-state index in [2.05, 4.69) is 0 Å². The van der Waals surface area contributed by atoms with Crippen LogP contribution in [0.5, 0.6) is 0 Å². The van der Waals surface area contributed by atoms with Crippen molar-refractivity contribution < 1.29 is 74.3 Å². The summed E-state index contributed by atoms with van der Waals surface area (Å²) < 4.78 is 23.0. The minimum Gasteiger partial charge on any atom is -0.477 e. The van der Waals surface area contributed by atoms with Crippen molar-refractivity contribution in [2.75, 3.05) is 39.5 Å². The highest BCUT2D eigenvalue weighted by molar-refractivity contribution is 5.90. The van der Waals surface area contributed by atoms with Crippen LogP contribution in [-0.2, 0) is 28.5 Å². The van der Waals surface area contributed by atoms with Gasteiger partial charge in [-0.3, -0.25) is 0 Å². The van der Waals surface area contributed by atoms with Crippen LogP contribution < -0.4 is 4.90 Å². The first kappa shape index (κ1) is 37.9. The predicted molar refractivity (Wildman–Crippen MR) is 165 cm³/mol. The quantitative estimate of drug-likeness (QED) is 0.0698. The molecule has 3 aliphatic heterocycles. The average Bonchev–Trinajstić information content (AvgIpc) is 3.08. The van der Waals surface area contributed by atoms with Gasteiger partial charge in [0.2, 0.25) is 6.29 Å². The number of carboxylic acid groups (broad SMARTS) is 1. The summed E-state index contributed by atoms with van der Waals surface area (Å²) in [5.41, 5.74) is 1.82. The van der Waals surface area contributed by atoms with Crippen molar-refractivity contribution in [1.29, 1.82) is 0 Å². The Balaban J connectivity index is 1.71. The highest BCUT2D eigenvalue weighted by Crippen LogP contribution is 2.39. The lowest BCUT2D eigenvalue weighted by atomic mass is 9.80. The predicted octanol–water partition coefficient (Wildman–Crippen LogP) is -2.21. The number of rotatable bonds is 14. The summed E-state index contributed by atoms with van der Waals surface area (Å²) in [5, 5.41) is 79.0. The molecule has 4 aliphatic rings. The zero-order valence-corrected chi connectivity index (χ0v) is 26.7. The van der Waals surface area contributed by atoms with E-state index in [1.54, 1.807) is 12.2 Å². The van der Waals surface area contributed by atoms with Crippen molar-refractivity contribution in [2.24, 2.45) is 11.8 Å². The van der Waals surface area contributed by atoms with Crippen molar-refractivity contribution in [2.45, 2.75) is 81.6 Å². The van der Waals surface area contributed by atoms with E-state index in [9.17, 15) is 45.3 Å². The Labute approximate surface area is 278 Å². The third-order valence-corrected chi connectivity index (χ3v) is 8.92. The topological polar surface area (TPSA) is 237 Å². The van der Waals surface area contributed by atoms with Crippen molar-refractivity contribution in [3.63, 3.8) is 0 Å². The number of ether oxygens (including phenoxy) is 4. The van der Waals surface area contributed by atoms with Gasteiger partial charge in [-0.05, 0) is 31.8 Å². The molecule has 48 heavy (non-hydrogen) atoms.